The van der Waals surface area contributed by atoms with Gasteiger partial charge in [-0.1, -0.05) is 30.4 Å². The summed E-state index contributed by atoms with van der Waals surface area (Å²) in [6.07, 6.45) is 4.21. The van der Waals surface area contributed by atoms with Crippen molar-refractivity contribution in [1.29, 1.82) is 0 Å². The lowest BCUT2D eigenvalue weighted by molar-refractivity contribution is -0.142. The molecule has 0 fully saturated rings. The van der Waals surface area contributed by atoms with Crippen molar-refractivity contribution in [2.45, 2.75) is 12.0 Å². The molecule has 0 aromatic heterocycles. The second-order valence-electron chi connectivity index (χ2n) is 4.13. The number of ether oxygens (including phenoxy) is 1. The average molecular weight is 215 g/mol. The first-order valence-electron chi connectivity index (χ1n) is 5.43. The zero-order valence-electron chi connectivity index (χ0n) is 9.09. The van der Waals surface area contributed by atoms with Gasteiger partial charge in [0.25, 0.3) is 0 Å². The van der Waals surface area contributed by atoms with E-state index in [1.165, 1.54) is 7.11 Å². The van der Waals surface area contributed by atoms with E-state index < -0.39 is 0 Å². The Hall–Kier alpha value is -1.77. The van der Waals surface area contributed by atoms with Gasteiger partial charge in [-0.25, -0.2) is 0 Å². The molecule has 0 saturated heterocycles. The normalized spacial score (nSPS) is 25.4. The van der Waals surface area contributed by atoms with Crippen molar-refractivity contribution in [2.24, 2.45) is 0 Å². The van der Waals surface area contributed by atoms with E-state index in [0.717, 1.165) is 17.8 Å². The summed E-state index contributed by atoms with van der Waals surface area (Å²) in [4.78, 5) is 14.1. The molecule has 82 valence electrons. The molecule has 3 nitrogen and oxygen atoms in total. The van der Waals surface area contributed by atoms with Crippen molar-refractivity contribution in [3.63, 3.8) is 0 Å². The number of fused-ring (bicyclic) bond motifs is 3. The number of carbonyl (C=O) groups excluding carboxylic acids is 1. The molecule has 0 radical (unpaired) electrons. The largest absolute Gasteiger partial charge is 0.468 e. The third-order valence-corrected chi connectivity index (χ3v) is 3.37. The third-order valence-electron chi connectivity index (χ3n) is 3.37. The number of methoxy groups -OCH3 is 1. The standard InChI is InChI=1S/C13H13NO2/c1-16-13(15)12-9-5-2-3-6-10(9)14-8-4-7-11(12)14/h2-7,11-12H,8H2,1H3. The fourth-order valence-electron chi connectivity index (χ4n) is 2.68. The Morgan fingerprint density at radius 2 is 2.25 bits per heavy atom. The van der Waals surface area contributed by atoms with E-state index in [4.69, 9.17) is 4.74 Å². The van der Waals surface area contributed by atoms with Crippen LogP contribution in [0.3, 0.4) is 0 Å². The molecule has 1 aromatic carbocycles. The minimum absolute atomic E-state index is 0.143. The van der Waals surface area contributed by atoms with Gasteiger partial charge in [0, 0.05) is 12.2 Å². The number of rotatable bonds is 1. The Labute approximate surface area is 94.3 Å². The molecular formula is C13H13NO2. The minimum Gasteiger partial charge on any atom is -0.468 e. The number of hydrogen-bond donors (Lipinski definition) is 0. The highest BCUT2D eigenvalue weighted by Gasteiger charge is 2.43. The van der Waals surface area contributed by atoms with Gasteiger partial charge in [-0.2, -0.15) is 0 Å². The quantitative estimate of drug-likeness (QED) is 0.527. The maximum Gasteiger partial charge on any atom is 0.315 e. The maximum atomic E-state index is 11.8. The fourth-order valence-corrected chi connectivity index (χ4v) is 2.68. The number of hydrogen-bond acceptors (Lipinski definition) is 3. The van der Waals surface area contributed by atoms with E-state index in [9.17, 15) is 4.79 Å². The summed E-state index contributed by atoms with van der Waals surface area (Å²) in [5.74, 6) is -0.313. The lowest BCUT2D eigenvalue weighted by Crippen LogP contribution is -2.31. The van der Waals surface area contributed by atoms with Gasteiger partial charge in [0.2, 0.25) is 0 Å². The lowest BCUT2D eigenvalue weighted by Gasteiger charge is -2.20. The first kappa shape index (κ1) is 9.46. The van der Waals surface area contributed by atoms with Gasteiger partial charge in [0.15, 0.2) is 0 Å². The van der Waals surface area contributed by atoms with Crippen LogP contribution in [-0.2, 0) is 9.53 Å². The zero-order valence-corrected chi connectivity index (χ0v) is 9.09. The molecule has 2 heterocycles. The topological polar surface area (TPSA) is 29.5 Å². The molecule has 2 unspecified atom stereocenters. The molecule has 0 amide bonds. The predicted molar refractivity (Wildman–Crippen MR) is 61.5 cm³/mol. The molecule has 0 aliphatic carbocycles. The van der Waals surface area contributed by atoms with Gasteiger partial charge in [-0.05, 0) is 11.6 Å². The van der Waals surface area contributed by atoms with Gasteiger partial charge in [-0.3, -0.25) is 4.79 Å². The van der Waals surface area contributed by atoms with Crippen LogP contribution in [0.2, 0.25) is 0 Å². The van der Waals surface area contributed by atoms with Crippen LogP contribution in [0.15, 0.2) is 36.4 Å². The average Bonchev–Trinajstić information content (AvgIpc) is 2.87. The van der Waals surface area contributed by atoms with E-state index in [1.54, 1.807) is 0 Å². The van der Waals surface area contributed by atoms with E-state index >= 15 is 0 Å². The lowest BCUT2D eigenvalue weighted by atomic mass is 9.95. The molecule has 2 atom stereocenters. The van der Waals surface area contributed by atoms with Crippen LogP contribution in [-0.4, -0.2) is 25.7 Å². The summed E-state index contributed by atoms with van der Waals surface area (Å²) >= 11 is 0. The fraction of sp³-hybridized carbons (Fsp3) is 0.308. The maximum absolute atomic E-state index is 11.8. The van der Waals surface area contributed by atoms with Gasteiger partial charge in [-0.15, -0.1) is 0 Å². The minimum atomic E-state index is -0.167. The van der Waals surface area contributed by atoms with Crippen LogP contribution in [0.1, 0.15) is 11.5 Å². The van der Waals surface area contributed by atoms with E-state index in [1.807, 2.05) is 18.2 Å². The van der Waals surface area contributed by atoms with Crippen molar-refractivity contribution in [3.8, 4) is 0 Å². The van der Waals surface area contributed by atoms with Crippen molar-refractivity contribution >= 4 is 11.7 Å². The summed E-state index contributed by atoms with van der Waals surface area (Å²) in [5.41, 5.74) is 2.25. The number of carbonyl (C=O) groups is 1. The number of nitrogens with zero attached hydrogens (tertiary/aromatic N) is 1. The molecule has 3 heteroatoms. The molecule has 2 aliphatic heterocycles. The van der Waals surface area contributed by atoms with Crippen LogP contribution in [0.5, 0.6) is 0 Å². The predicted octanol–water partition coefficient (Wildman–Crippen LogP) is 1.70. The second kappa shape index (κ2) is 3.37. The third kappa shape index (κ3) is 1.11. The summed E-state index contributed by atoms with van der Waals surface area (Å²) in [6.45, 7) is 0.884. The number of benzene rings is 1. The van der Waals surface area contributed by atoms with Crippen molar-refractivity contribution in [3.05, 3.63) is 42.0 Å². The molecule has 16 heavy (non-hydrogen) atoms. The Balaban J connectivity index is 2.10. The summed E-state index contributed by atoms with van der Waals surface area (Å²) in [7, 11) is 1.45. The molecule has 0 N–H and O–H groups in total. The molecule has 0 bridgehead atoms. The Kier molecular flexibility index (Phi) is 1.99. The number of esters is 1. The van der Waals surface area contributed by atoms with Crippen LogP contribution in [0.25, 0.3) is 0 Å². The van der Waals surface area contributed by atoms with Gasteiger partial charge in [0.05, 0.1) is 13.2 Å². The summed E-state index contributed by atoms with van der Waals surface area (Å²) in [6, 6.07) is 8.21. The van der Waals surface area contributed by atoms with Crippen LogP contribution < -0.4 is 4.90 Å². The summed E-state index contributed by atoms with van der Waals surface area (Å²) < 4.78 is 4.90. The highest BCUT2D eigenvalue weighted by molar-refractivity contribution is 5.86. The first-order chi connectivity index (χ1) is 7.83. The highest BCUT2D eigenvalue weighted by Crippen LogP contribution is 2.43. The van der Waals surface area contributed by atoms with Gasteiger partial charge < -0.3 is 9.64 Å². The smallest absolute Gasteiger partial charge is 0.315 e. The Bertz CT molecular complexity index is 467. The van der Waals surface area contributed by atoms with E-state index in [0.29, 0.717) is 0 Å². The molecule has 0 spiro atoms. The number of anilines is 1. The van der Waals surface area contributed by atoms with Crippen molar-refractivity contribution in [1.82, 2.24) is 0 Å². The van der Waals surface area contributed by atoms with E-state index in [2.05, 4.69) is 23.1 Å². The second-order valence-corrected chi connectivity index (χ2v) is 4.13. The van der Waals surface area contributed by atoms with Gasteiger partial charge in [0.1, 0.15) is 5.92 Å². The summed E-state index contributed by atoms with van der Waals surface area (Å²) in [5, 5.41) is 0. The zero-order chi connectivity index (χ0) is 11.1. The van der Waals surface area contributed by atoms with Crippen molar-refractivity contribution < 1.29 is 9.53 Å². The van der Waals surface area contributed by atoms with Crippen LogP contribution >= 0.6 is 0 Å². The molecular weight excluding hydrogens is 202 g/mol. The van der Waals surface area contributed by atoms with Crippen molar-refractivity contribution in [2.75, 3.05) is 18.6 Å². The molecule has 1 aromatic rings. The molecule has 0 saturated carbocycles. The SMILES string of the molecule is COC(=O)C1c2ccccc2N2CC=CC12. The monoisotopic (exact) mass is 215 g/mol. The first-order valence-corrected chi connectivity index (χ1v) is 5.43. The van der Waals surface area contributed by atoms with Crippen LogP contribution in [0, 0.1) is 0 Å². The Morgan fingerprint density at radius 1 is 1.44 bits per heavy atom. The van der Waals surface area contributed by atoms with E-state index in [-0.39, 0.29) is 17.9 Å². The molecule has 2 aliphatic rings. The number of para-hydroxylation sites is 1. The highest BCUT2D eigenvalue weighted by atomic mass is 16.5. The van der Waals surface area contributed by atoms with Gasteiger partial charge >= 0.3 is 5.97 Å². The molecule has 3 rings (SSSR count). The Morgan fingerprint density at radius 3 is 3.06 bits per heavy atom. The van der Waals surface area contributed by atoms with Crippen LogP contribution in [0.4, 0.5) is 5.69 Å².